The summed E-state index contributed by atoms with van der Waals surface area (Å²) in [6, 6.07) is 14.3. The summed E-state index contributed by atoms with van der Waals surface area (Å²) in [6.07, 6.45) is 1.16. The van der Waals surface area contributed by atoms with E-state index in [9.17, 15) is 4.79 Å². The number of hydrogen-bond donors (Lipinski definition) is 0. The van der Waals surface area contributed by atoms with Gasteiger partial charge in [-0.25, -0.2) is 0 Å². The van der Waals surface area contributed by atoms with Crippen LogP contribution < -0.4 is 0 Å². The minimum atomic E-state index is -0.279. The lowest BCUT2D eigenvalue weighted by molar-refractivity contribution is -0.134. The van der Waals surface area contributed by atoms with Crippen molar-refractivity contribution < 1.29 is 9.53 Å². The van der Waals surface area contributed by atoms with Gasteiger partial charge in [0.2, 0.25) is 0 Å². The first-order valence-electron chi connectivity index (χ1n) is 5.21. The Hall–Kier alpha value is -1.74. The molecule has 0 aromatic heterocycles. The summed E-state index contributed by atoms with van der Waals surface area (Å²) in [5.41, 5.74) is 0. The number of carbonyl (C=O) groups excluding carboxylic acids is 1. The first-order chi connectivity index (χ1) is 8.29. The second-order valence-electron chi connectivity index (χ2n) is 3.45. The first kappa shape index (κ1) is 11.7. The Labute approximate surface area is 104 Å². The van der Waals surface area contributed by atoms with Crippen molar-refractivity contribution in [3.63, 3.8) is 0 Å². The minimum absolute atomic E-state index is 0.279. The predicted molar refractivity (Wildman–Crippen MR) is 71.0 cm³/mol. The lowest BCUT2D eigenvalue weighted by atomic mass is 10.1. The Morgan fingerprint density at radius 3 is 2.76 bits per heavy atom. The number of ether oxygens (including phenoxy) is 1. The third-order valence-electron chi connectivity index (χ3n) is 2.29. The number of benzene rings is 2. The molecule has 0 radical (unpaired) electrons. The lowest BCUT2D eigenvalue weighted by Crippen LogP contribution is -2.01. The Kier molecular flexibility index (Phi) is 3.83. The Bertz CT molecular complexity index is 549. The molecule has 0 fully saturated rings. The van der Waals surface area contributed by atoms with Gasteiger partial charge in [-0.3, -0.25) is 4.79 Å². The topological polar surface area (TPSA) is 26.3 Å². The van der Waals surface area contributed by atoms with Crippen LogP contribution in [0, 0.1) is 0 Å². The molecule has 17 heavy (non-hydrogen) atoms. The van der Waals surface area contributed by atoms with Crippen LogP contribution in [-0.4, -0.2) is 11.7 Å². The number of rotatable bonds is 4. The van der Waals surface area contributed by atoms with Gasteiger partial charge >= 0.3 is 5.97 Å². The van der Waals surface area contributed by atoms with Crippen LogP contribution >= 0.6 is 11.8 Å². The van der Waals surface area contributed by atoms with Crippen molar-refractivity contribution in [1.29, 1.82) is 0 Å². The molecular weight excluding hydrogens is 232 g/mol. The molecule has 2 aromatic rings. The Morgan fingerprint density at radius 2 is 2.00 bits per heavy atom. The molecule has 0 aliphatic carbocycles. The van der Waals surface area contributed by atoms with Crippen molar-refractivity contribution >= 4 is 28.5 Å². The second-order valence-corrected chi connectivity index (χ2v) is 4.50. The lowest BCUT2D eigenvalue weighted by Gasteiger charge is -2.02. The van der Waals surface area contributed by atoms with Gasteiger partial charge in [0.1, 0.15) is 0 Å². The molecule has 0 N–H and O–H groups in total. The third kappa shape index (κ3) is 3.11. The smallest absolute Gasteiger partial charge is 0.321 e. The highest BCUT2D eigenvalue weighted by Crippen LogP contribution is 2.23. The van der Waals surface area contributed by atoms with Gasteiger partial charge in [-0.05, 0) is 22.9 Å². The van der Waals surface area contributed by atoms with E-state index in [0.717, 1.165) is 11.2 Å². The zero-order valence-corrected chi connectivity index (χ0v) is 10.1. The fourth-order valence-corrected chi connectivity index (χ4v) is 2.25. The first-order valence-corrected chi connectivity index (χ1v) is 6.20. The van der Waals surface area contributed by atoms with E-state index in [0.29, 0.717) is 5.75 Å². The highest BCUT2D eigenvalue weighted by Gasteiger charge is 2.03. The molecule has 2 rings (SSSR count). The normalized spacial score (nSPS) is 10.1. The average molecular weight is 244 g/mol. The summed E-state index contributed by atoms with van der Waals surface area (Å²) in [5.74, 6) is 0.0165. The van der Waals surface area contributed by atoms with Gasteiger partial charge in [0, 0.05) is 4.90 Å². The molecule has 0 spiro atoms. The summed E-state index contributed by atoms with van der Waals surface area (Å²) in [6.45, 7) is 3.34. The number of esters is 1. The zero-order chi connectivity index (χ0) is 12.1. The van der Waals surface area contributed by atoms with Crippen molar-refractivity contribution in [3.05, 3.63) is 55.3 Å². The summed E-state index contributed by atoms with van der Waals surface area (Å²) in [4.78, 5) is 12.2. The van der Waals surface area contributed by atoms with Crippen molar-refractivity contribution in [1.82, 2.24) is 0 Å². The van der Waals surface area contributed by atoms with E-state index in [1.54, 1.807) is 0 Å². The number of thioether (sulfide) groups is 1. The summed E-state index contributed by atoms with van der Waals surface area (Å²) >= 11 is 1.46. The standard InChI is InChI=1S/C14H12O2S/c1-2-16-14(15)10-17-13-8-7-11-5-3-4-6-12(11)9-13/h2-9H,1,10H2. The SMILES string of the molecule is C=COC(=O)CSc1ccc2ccccc2c1. The molecule has 2 aromatic carbocycles. The van der Waals surface area contributed by atoms with Gasteiger partial charge < -0.3 is 4.74 Å². The fourth-order valence-electron chi connectivity index (χ4n) is 1.53. The van der Waals surface area contributed by atoms with Crippen molar-refractivity contribution in [2.24, 2.45) is 0 Å². The molecule has 86 valence electrons. The van der Waals surface area contributed by atoms with Gasteiger partial charge in [0.15, 0.2) is 0 Å². The van der Waals surface area contributed by atoms with E-state index in [1.807, 2.05) is 18.2 Å². The zero-order valence-electron chi connectivity index (χ0n) is 9.26. The molecule has 0 saturated heterocycles. The summed E-state index contributed by atoms with van der Waals surface area (Å²) in [7, 11) is 0. The van der Waals surface area contributed by atoms with Crippen LogP contribution in [0.2, 0.25) is 0 Å². The third-order valence-corrected chi connectivity index (χ3v) is 3.26. The minimum Gasteiger partial charge on any atom is -0.435 e. The molecule has 0 aliphatic heterocycles. The van der Waals surface area contributed by atoms with Crippen LogP contribution in [0.1, 0.15) is 0 Å². The molecule has 0 amide bonds. The highest BCUT2D eigenvalue weighted by molar-refractivity contribution is 8.00. The molecule has 3 heteroatoms. The van der Waals surface area contributed by atoms with Crippen LogP contribution in [-0.2, 0) is 9.53 Å². The van der Waals surface area contributed by atoms with Crippen LogP contribution in [0.15, 0.2) is 60.2 Å². The van der Waals surface area contributed by atoms with Crippen LogP contribution in [0.25, 0.3) is 10.8 Å². The molecule has 0 aliphatic rings. The van der Waals surface area contributed by atoms with Crippen molar-refractivity contribution in [3.8, 4) is 0 Å². The largest absolute Gasteiger partial charge is 0.435 e. The van der Waals surface area contributed by atoms with E-state index < -0.39 is 0 Å². The van der Waals surface area contributed by atoms with Crippen LogP contribution in [0.5, 0.6) is 0 Å². The maximum absolute atomic E-state index is 11.2. The van der Waals surface area contributed by atoms with Gasteiger partial charge in [-0.1, -0.05) is 36.9 Å². The van der Waals surface area contributed by atoms with Gasteiger partial charge in [-0.2, -0.15) is 0 Å². The van der Waals surface area contributed by atoms with E-state index in [2.05, 4.69) is 35.6 Å². The maximum atomic E-state index is 11.2. The Balaban J connectivity index is 2.09. The second kappa shape index (κ2) is 5.55. The summed E-state index contributed by atoms with van der Waals surface area (Å²) < 4.78 is 4.66. The molecular formula is C14H12O2S. The van der Waals surface area contributed by atoms with E-state index in [1.165, 1.54) is 22.5 Å². The monoisotopic (exact) mass is 244 g/mol. The van der Waals surface area contributed by atoms with Crippen molar-refractivity contribution in [2.45, 2.75) is 4.90 Å². The summed E-state index contributed by atoms with van der Waals surface area (Å²) in [5, 5.41) is 2.38. The fraction of sp³-hybridized carbons (Fsp3) is 0.0714. The average Bonchev–Trinajstić information content (AvgIpc) is 2.36. The van der Waals surface area contributed by atoms with Gasteiger partial charge in [0.25, 0.3) is 0 Å². The van der Waals surface area contributed by atoms with E-state index in [-0.39, 0.29) is 5.97 Å². The molecule has 0 heterocycles. The number of fused-ring (bicyclic) bond motifs is 1. The number of hydrogen-bond acceptors (Lipinski definition) is 3. The molecule has 0 bridgehead atoms. The van der Waals surface area contributed by atoms with Gasteiger partial charge in [0.05, 0.1) is 12.0 Å². The van der Waals surface area contributed by atoms with Crippen molar-refractivity contribution in [2.75, 3.05) is 5.75 Å². The molecule has 2 nitrogen and oxygen atoms in total. The predicted octanol–water partition coefficient (Wildman–Crippen LogP) is 3.62. The molecule has 0 atom stereocenters. The van der Waals surface area contributed by atoms with E-state index in [4.69, 9.17) is 0 Å². The van der Waals surface area contributed by atoms with Crippen LogP contribution in [0.4, 0.5) is 0 Å². The highest BCUT2D eigenvalue weighted by atomic mass is 32.2. The molecule has 0 saturated carbocycles. The van der Waals surface area contributed by atoms with Crippen LogP contribution in [0.3, 0.4) is 0 Å². The number of carbonyl (C=O) groups is 1. The van der Waals surface area contributed by atoms with Gasteiger partial charge in [-0.15, -0.1) is 11.8 Å². The quantitative estimate of drug-likeness (QED) is 0.467. The van der Waals surface area contributed by atoms with E-state index >= 15 is 0 Å². The Morgan fingerprint density at radius 1 is 1.24 bits per heavy atom. The molecule has 0 unspecified atom stereocenters. The maximum Gasteiger partial charge on any atom is 0.321 e.